The Balaban J connectivity index is 2.76. The molecule has 0 heterocycles. The fourth-order valence-corrected chi connectivity index (χ4v) is 1.28. The summed E-state index contributed by atoms with van der Waals surface area (Å²) in [4.78, 5) is 21.3. The van der Waals surface area contributed by atoms with Crippen LogP contribution in [0.3, 0.4) is 0 Å². The second kappa shape index (κ2) is 5.07. The SMILES string of the molecule is CC(NC(=O)C(F)(F)F)c1ccc(C(=O)O)cc1. The Morgan fingerprint density at radius 3 is 2.11 bits per heavy atom. The molecule has 0 aliphatic rings. The summed E-state index contributed by atoms with van der Waals surface area (Å²) < 4.78 is 36.0. The summed E-state index contributed by atoms with van der Waals surface area (Å²) >= 11 is 0. The standard InChI is InChI=1S/C11H10F3NO3/c1-6(15-10(18)11(12,13)14)7-2-4-8(5-3-7)9(16)17/h2-6H,1H3,(H,15,18)(H,16,17). The molecule has 1 unspecified atom stereocenters. The van der Waals surface area contributed by atoms with Crippen molar-refractivity contribution in [2.45, 2.75) is 19.1 Å². The number of amides is 1. The van der Waals surface area contributed by atoms with E-state index in [9.17, 15) is 22.8 Å². The van der Waals surface area contributed by atoms with Crippen molar-refractivity contribution in [3.8, 4) is 0 Å². The molecule has 4 nitrogen and oxygen atoms in total. The van der Waals surface area contributed by atoms with E-state index in [0.29, 0.717) is 5.56 Å². The van der Waals surface area contributed by atoms with Gasteiger partial charge in [-0.05, 0) is 24.6 Å². The number of carboxylic acid groups (broad SMARTS) is 1. The second-order valence-electron chi connectivity index (χ2n) is 3.62. The fraction of sp³-hybridized carbons (Fsp3) is 0.273. The van der Waals surface area contributed by atoms with Crippen molar-refractivity contribution in [2.24, 2.45) is 0 Å². The molecule has 0 aliphatic carbocycles. The van der Waals surface area contributed by atoms with Crippen molar-refractivity contribution in [3.63, 3.8) is 0 Å². The van der Waals surface area contributed by atoms with E-state index >= 15 is 0 Å². The zero-order valence-corrected chi connectivity index (χ0v) is 9.28. The summed E-state index contributed by atoms with van der Waals surface area (Å²) in [5, 5.41) is 10.4. The second-order valence-corrected chi connectivity index (χ2v) is 3.62. The van der Waals surface area contributed by atoms with Crippen molar-refractivity contribution in [2.75, 3.05) is 0 Å². The third kappa shape index (κ3) is 3.47. The quantitative estimate of drug-likeness (QED) is 0.875. The highest BCUT2D eigenvalue weighted by atomic mass is 19.4. The number of alkyl halides is 3. The molecular weight excluding hydrogens is 251 g/mol. The number of benzene rings is 1. The summed E-state index contributed by atoms with van der Waals surface area (Å²) in [6.07, 6.45) is -4.94. The third-order valence-corrected chi connectivity index (χ3v) is 2.26. The number of carbonyl (C=O) groups is 2. The summed E-state index contributed by atoms with van der Waals surface area (Å²) in [6, 6.07) is 4.36. The highest BCUT2D eigenvalue weighted by Crippen LogP contribution is 2.18. The van der Waals surface area contributed by atoms with Crippen LogP contribution < -0.4 is 5.32 Å². The molecule has 0 spiro atoms. The number of nitrogens with one attached hydrogen (secondary N) is 1. The zero-order valence-electron chi connectivity index (χ0n) is 9.28. The minimum atomic E-state index is -4.94. The predicted molar refractivity (Wildman–Crippen MR) is 56.0 cm³/mol. The number of aromatic carboxylic acids is 1. The number of carboxylic acids is 1. The van der Waals surface area contributed by atoms with Gasteiger partial charge in [-0.2, -0.15) is 13.2 Å². The average molecular weight is 261 g/mol. The molecule has 0 radical (unpaired) electrons. The highest BCUT2D eigenvalue weighted by Gasteiger charge is 2.39. The van der Waals surface area contributed by atoms with Gasteiger partial charge in [-0.3, -0.25) is 4.79 Å². The van der Waals surface area contributed by atoms with E-state index in [-0.39, 0.29) is 5.56 Å². The van der Waals surface area contributed by atoms with Crippen molar-refractivity contribution in [1.29, 1.82) is 0 Å². The first kappa shape index (κ1) is 14.0. The van der Waals surface area contributed by atoms with E-state index in [4.69, 9.17) is 5.11 Å². The van der Waals surface area contributed by atoms with Gasteiger partial charge in [0.2, 0.25) is 0 Å². The first-order valence-corrected chi connectivity index (χ1v) is 4.92. The maximum atomic E-state index is 12.0. The van der Waals surface area contributed by atoms with E-state index < -0.39 is 24.1 Å². The van der Waals surface area contributed by atoms with Crippen molar-refractivity contribution in [1.82, 2.24) is 5.32 Å². The van der Waals surface area contributed by atoms with Crippen LogP contribution in [-0.4, -0.2) is 23.2 Å². The molecule has 1 aromatic rings. The van der Waals surface area contributed by atoms with Crippen LogP contribution in [-0.2, 0) is 4.79 Å². The molecule has 1 atom stereocenters. The van der Waals surface area contributed by atoms with Gasteiger partial charge >= 0.3 is 18.1 Å². The number of rotatable bonds is 3. The molecule has 1 rings (SSSR count). The van der Waals surface area contributed by atoms with E-state index in [1.165, 1.54) is 31.2 Å². The van der Waals surface area contributed by atoms with Gasteiger partial charge in [0.05, 0.1) is 11.6 Å². The molecule has 18 heavy (non-hydrogen) atoms. The highest BCUT2D eigenvalue weighted by molar-refractivity contribution is 5.87. The average Bonchev–Trinajstić information content (AvgIpc) is 2.27. The van der Waals surface area contributed by atoms with Crippen LogP contribution >= 0.6 is 0 Å². The molecule has 0 saturated carbocycles. The fourth-order valence-electron chi connectivity index (χ4n) is 1.28. The molecule has 7 heteroatoms. The van der Waals surface area contributed by atoms with Gasteiger partial charge in [0.1, 0.15) is 0 Å². The predicted octanol–water partition coefficient (Wildman–Crippen LogP) is 2.12. The Morgan fingerprint density at radius 2 is 1.72 bits per heavy atom. The van der Waals surface area contributed by atoms with Crippen LogP contribution in [0.15, 0.2) is 24.3 Å². The van der Waals surface area contributed by atoms with Gasteiger partial charge in [-0.1, -0.05) is 12.1 Å². The Bertz CT molecular complexity index is 454. The molecule has 0 fully saturated rings. The summed E-state index contributed by atoms with van der Waals surface area (Å²) in [5.41, 5.74) is 0.408. The van der Waals surface area contributed by atoms with Crippen LogP contribution in [0, 0.1) is 0 Å². The maximum absolute atomic E-state index is 12.0. The zero-order chi connectivity index (χ0) is 13.9. The van der Waals surface area contributed by atoms with Gasteiger partial charge in [-0.15, -0.1) is 0 Å². The van der Waals surface area contributed by atoms with Gasteiger partial charge in [0.25, 0.3) is 0 Å². The van der Waals surface area contributed by atoms with Gasteiger partial charge < -0.3 is 10.4 Å². The molecule has 0 aliphatic heterocycles. The van der Waals surface area contributed by atoms with E-state index in [0.717, 1.165) is 0 Å². The topological polar surface area (TPSA) is 66.4 Å². The largest absolute Gasteiger partial charge is 0.478 e. The monoisotopic (exact) mass is 261 g/mol. The molecule has 0 aromatic heterocycles. The van der Waals surface area contributed by atoms with Gasteiger partial charge in [-0.25, -0.2) is 4.79 Å². The Hall–Kier alpha value is -2.05. The lowest BCUT2D eigenvalue weighted by Crippen LogP contribution is -2.38. The van der Waals surface area contributed by atoms with Crippen molar-refractivity contribution in [3.05, 3.63) is 35.4 Å². The minimum absolute atomic E-state index is 0.0214. The van der Waals surface area contributed by atoms with Crippen LogP contribution in [0.4, 0.5) is 13.2 Å². The first-order valence-electron chi connectivity index (χ1n) is 4.92. The molecule has 1 aromatic carbocycles. The molecular formula is C11H10F3NO3. The number of carbonyl (C=O) groups excluding carboxylic acids is 1. The molecule has 98 valence electrons. The van der Waals surface area contributed by atoms with Crippen LogP contribution in [0.25, 0.3) is 0 Å². The van der Waals surface area contributed by atoms with Crippen LogP contribution in [0.5, 0.6) is 0 Å². The normalized spacial score (nSPS) is 12.9. The Labute approximate surface area is 100 Å². The summed E-state index contributed by atoms with van der Waals surface area (Å²) in [6.45, 7) is 1.37. The molecule has 0 saturated heterocycles. The number of halogens is 3. The van der Waals surface area contributed by atoms with E-state index in [2.05, 4.69) is 0 Å². The Morgan fingerprint density at radius 1 is 1.22 bits per heavy atom. The Kier molecular flexibility index (Phi) is 3.95. The minimum Gasteiger partial charge on any atom is -0.478 e. The van der Waals surface area contributed by atoms with Crippen molar-refractivity contribution >= 4 is 11.9 Å². The maximum Gasteiger partial charge on any atom is 0.471 e. The van der Waals surface area contributed by atoms with E-state index in [1.807, 2.05) is 0 Å². The molecule has 0 bridgehead atoms. The van der Waals surface area contributed by atoms with Gasteiger partial charge in [0.15, 0.2) is 0 Å². The van der Waals surface area contributed by atoms with Crippen LogP contribution in [0.2, 0.25) is 0 Å². The lowest BCUT2D eigenvalue weighted by molar-refractivity contribution is -0.174. The summed E-state index contributed by atoms with van der Waals surface area (Å²) in [7, 11) is 0. The van der Waals surface area contributed by atoms with Gasteiger partial charge in [0, 0.05) is 0 Å². The summed E-state index contributed by atoms with van der Waals surface area (Å²) in [5.74, 6) is -3.16. The first-order chi connectivity index (χ1) is 8.21. The molecule has 2 N–H and O–H groups in total. The lowest BCUT2D eigenvalue weighted by Gasteiger charge is -2.15. The molecule has 1 amide bonds. The lowest BCUT2D eigenvalue weighted by atomic mass is 10.1. The third-order valence-electron chi connectivity index (χ3n) is 2.26. The number of hydrogen-bond donors (Lipinski definition) is 2. The van der Waals surface area contributed by atoms with Crippen molar-refractivity contribution < 1.29 is 27.9 Å². The number of hydrogen-bond acceptors (Lipinski definition) is 2. The van der Waals surface area contributed by atoms with E-state index in [1.54, 1.807) is 5.32 Å². The van der Waals surface area contributed by atoms with Crippen LogP contribution in [0.1, 0.15) is 28.9 Å². The smallest absolute Gasteiger partial charge is 0.471 e.